The maximum absolute atomic E-state index is 5.90. The first-order valence-corrected chi connectivity index (χ1v) is 6.39. The van der Waals surface area contributed by atoms with E-state index in [4.69, 9.17) is 16.0 Å². The van der Waals surface area contributed by atoms with Crippen LogP contribution in [-0.2, 0) is 4.43 Å². The fourth-order valence-corrected chi connectivity index (χ4v) is 2.19. The molecule has 0 fully saturated rings. The van der Waals surface area contributed by atoms with E-state index in [-0.39, 0.29) is 0 Å². The molecule has 1 aromatic carbocycles. The molecule has 0 saturated carbocycles. The van der Waals surface area contributed by atoms with Crippen LogP contribution in [0.2, 0.25) is 5.02 Å². The third-order valence-corrected chi connectivity index (χ3v) is 3.05. The molecule has 0 saturated heterocycles. The molecule has 0 bridgehead atoms. The van der Waals surface area contributed by atoms with E-state index >= 15 is 0 Å². The molecule has 1 heterocycles. The summed E-state index contributed by atoms with van der Waals surface area (Å²) in [5, 5.41) is 0.694. The van der Waals surface area contributed by atoms with Crippen molar-refractivity contribution in [1.82, 2.24) is 4.98 Å². The molecular formula is C11H9ClINO. The van der Waals surface area contributed by atoms with Crippen LogP contribution >= 0.6 is 34.2 Å². The minimum Gasteiger partial charge on any atom is -0.441 e. The summed E-state index contributed by atoms with van der Waals surface area (Å²) in [5.41, 5.74) is 1.91. The first-order valence-electron chi connectivity index (χ1n) is 4.49. The Morgan fingerprint density at radius 2 is 2.27 bits per heavy atom. The molecule has 1 aromatic heterocycles. The molecular weight excluding hydrogens is 324 g/mol. The number of benzene rings is 1. The summed E-state index contributed by atoms with van der Waals surface area (Å²) in [6, 6.07) is 7.51. The van der Waals surface area contributed by atoms with Crippen LogP contribution in [0.15, 0.2) is 28.7 Å². The zero-order valence-electron chi connectivity index (χ0n) is 8.13. The molecule has 78 valence electrons. The maximum Gasteiger partial charge on any atom is 0.226 e. The van der Waals surface area contributed by atoms with Crippen molar-refractivity contribution in [2.24, 2.45) is 0 Å². The highest BCUT2D eigenvalue weighted by Crippen LogP contribution is 2.24. The standard InChI is InChI=1S/C11H9ClINO/c1-7-10(6-13)14-11(15-7)8-3-2-4-9(12)5-8/h2-5H,6H2,1H3. The first-order chi connectivity index (χ1) is 7.20. The Labute approximate surface area is 107 Å². The molecule has 0 unspecified atom stereocenters. The molecule has 0 radical (unpaired) electrons. The molecule has 0 spiro atoms. The summed E-state index contributed by atoms with van der Waals surface area (Å²) in [7, 11) is 0. The van der Waals surface area contributed by atoms with Crippen molar-refractivity contribution in [3.63, 3.8) is 0 Å². The van der Waals surface area contributed by atoms with Crippen LogP contribution in [0, 0.1) is 6.92 Å². The number of aromatic nitrogens is 1. The molecule has 2 aromatic rings. The maximum atomic E-state index is 5.90. The van der Waals surface area contributed by atoms with Gasteiger partial charge in [-0.05, 0) is 25.1 Å². The average molecular weight is 334 g/mol. The smallest absolute Gasteiger partial charge is 0.226 e. The lowest BCUT2D eigenvalue weighted by atomic mass is 10.2. The van der Waals surface area contributed by atoms with Crippen molar-refractivity contribution in [3.05, 3.63) is 40.7 Å². The highest BCUT2D eigenvalue weighted by atomic mass is 127. The molecule has 2 rings (SSSR count). The predicted octanol–water partition coefficient (Wildman–Crippen LogP) is 4.24. The van der Waals surface area contributed by atoms with Crippen molar-refractivity contribution >= 4 is 34.2 Å². The fourth-order valence-electron chi connectivity index (χ4n) is 1.30. The van der Waals surface area contributed by atoms with Crippen molar-refractivity contribution in [2.75, 3.05) is 0 Å². The van der Waals surface area contributed by atoms with E-state index in [2.05, 4.69) is 27.6 Å². The monoisotopic (exact) mass is 333 g/mol. The summed E-state index contributed by atoms with van der Waals surface area (Å²) >= 11 is 8.17. The van der Waals surface area contributed by atoms with Gasteiger partial charge in [0.1, 0.15) is 5.76 Å². The SMILES string of the molecule is Cc1oc(-c2cccc(Cl)c2)nc1CI. The minimum absolute atomic E-state index is 0.640. The van der Waals surface area contributed by atoms with E-state index in [1.54, 1.807) is 0 Å². The molecule has 0 aliphatic heterocycles. The van der Waals surface area contributed by atoms with E-state index in [1.807, 2.05) is 31.2 Å². The van der Waals surface area contributed by atoms with Gasteiger partial charge in [0, 0.05) is 15.0 Å². The third-order valence-electron chi connectivity index (χ3n) is 2.09. The second-order valence-corrected chi connectivity index (χ2v) is 4.37. The van der Waals surface area contributed by atoms with Crippen molar-refractivity contribution in [3.8, 4) is 11.5 Å². The van der Waals surface area contributed by atoms with Crippen molar-refractivity contribution < 1.29 is 4.42 Å². The van der Waals surface area contributed by atoms with E-state index in [0.717, 1.165) is 21.4 Å². The summed E-state index contributed by atoms with van der Waals surface area (Å²) in [6.07, 6.45) is 0. The van der Waals surface area contributed by atoms with Crippen LogP contribution in [0.3, 0.4) is 0 Å². The van der Waals surface area contributed by atoms with Gasteiger partial charge in [0.15, 0.2) is 0 Å². The van der Waals surface area contributed by atoms with Crippen LogP contribution in [0.1, 0.15) is 11.5 Å². The Hall–Kier alpha value is -0.550. The number of nitrogens with zero attached hydrogens (tertiary/aromatic N) is 1. The van der Waals surface area contributed by atoms with Gasteiger partial charge < -0.3 is 4.42 Å². The topological polar surface area (TPSA) is 26.0 Å². The second-order valence-electron chi connectivity index (χ2n) is 3.17. The second kappa shape index (κ2) is 4.53. The predicted molar refractivity (Wildman–Crippen MR) is 69.4 cm³/mol. The summed E-state index contributed by atoms with van der Waals surface area (Å²) in [4.78, 5) is 4.41. The van der Waals surface area contributed by atoms with Crippen molar-refractivity contribution in [2.45, 2.75) is 11.4 Å². The van der Waals surface area contributed by atoms with Crippen molar-refractivity contribution in [1.29, 1.82) is 0 Å². The number of halogens is 2. The molecule has 0 N–H and O–H groups in total. The number of hydrogen-bond donors (Lipinski definition) is 0. The minimum atomic E-state index is 0.640. The highest BCUT2D eigenvalue weighted by Gasteiger charge is 2.10. The van der Waals surface area contributed by atoms with Gasteiger partial charge >= 0.3 is 0 Å². The number of aryl methyl sites for hydroxylation is 1. The van der Waals surface area contributed by atoms with Crippen LogP contribution in [0.5, 0.6) is 0 Å². The lowest BCUT2D eigenvalue weighted by Crippen LogP contribution is -1.80. The quantitative estimate of drug-likeness (QED) is 0.607. The molecule has 0 amide bonds. The van der Waals surface area contributed by atoms with Gasteiger partial charge in [-0.1, -0.05) is 40.3 Å². The van der Waals surface area contributed by atoms with Gasteiger partial charge in [0.05, 0.1) is 5.69 Å². The Kier molecular flexibility index (Phi) is 3.31. The molecule has 2 nitrogen and oxygen atoms in total. The van der Waals surface area contributed by atoms with Crippen LogP contribution in [0.25, 0.3) is 11.5 Å². The van der Waals surface area contributed by atoms with E-state index in [0.29, 0.717) is 10.9 Å². The molecule has 0 atom stereocenters. The van der Waals surface area contributed by atoms with Gasteiger partial charge in [0.2, 0.25) is 5.89 Å². The zero-order chi connectivity index (χ0) is 10.8. The van der Waals surface area contributed by atoms with Crippen LogP contribution in [-0.4, -0.2) is 4.98 Å². The van der Waals surface area contributed by atoms with Gasteiger partial charge in [-0.2, -0.15) is 0 Å². The Bertz CT molecular complexity index is 481. The summed E-state index contributed by atoms with van der Waals surface area (Å²) in [5.74, 6) is 1.51. The first kappa shape index (κ1) is 11.0. The van der Waals surface area contributed by atoms with Gasteiger partial charge in [0.25, 0.3) is 0 Å². The fraction of sp³-hybridized carbons (Fsp3) is 0.182. The number of rotatable bonds is 2. The van der Waals surface area contributed by atoms with Crippen LogP contribution in [0.4, 0.5) is 0 Å². The lowest BCUT2D eigenvalue weighted by molar-refractivity contribution is 0.540. The van der Waals surface area contributed by atoms with Gasteiger partial charge in [-0.3, -0.25) is 0 Å². The largest absolute Gasteiger partial charge is 0.441 e. The van der Waals surface area contributed by atoms with Gasteiger partial charge in [-0.15, -0.1) is 0 Å². The Morgan fingerprint density at radius 3 is 2.87 bits per heavy atom. The zero-order valence-corrected chi connectivity index (χ0v) is 11.0. The molecule has 0 aliphatic carbocycles. The van der Waals surface area contributed by atoms with E-state index in [9.17, 15) is 0 Å². The van der Waals surface area contributed by atoms with Gasteiger partial charge in [-0.25, -0.2) is 4.98 Å². The summed E-state index contributed by atoms with van der Waals surface area (Å²) in [6.45, 7) is 1.93. The highest BCUT2D eigenvalue weighted by molar-refractivity contribution is 14.1. The molecule has 0 aliphatic rings. The molecule has 15 heavy (non-hydrogen) atoms. The van der Waals surface area contributed by atoms with Crippen LogP contribution < -0.4 is 0 Å². The van der Waals surface area contributed by atoms with E-state index in [1.165, 1.54) is 0 Å². The number of hydrogen-bond acceptors (Lipinski definition) is 2. The molecule has 4 heteroatoms. The Balaban J connectivity index is 2.45. The summed E-state index contributed by atoms with van der Waals surface area (Å²) < 4.78 is 6.43. The number of oxazole rings is 1. The normalized spacial score (nSPS) is 10.6. The number of alkyl halides is 1. The average Bonchev–Trinajstić information content (AvgIpc) is 2.60. The Morgan fingerprint density at radius 1 is 1.47 bits per heavy atom. The third kappa shape index (κ3) is 2.34. The lowest BCUT2D eigenvalue weighted by Gasteiger charge is -1.94. The van der Waals surface area contributed by atoms with E-state index < -0.39 is 0 Å².